The molecule has 0 fully saturated rings. The third-order valence-electron chi connectivity index (χ3n) is 2.17. The highest BCUT2D eigenvalue weighted by Crippen LogP contribution is 2.29. The maximum atomic E-state index is 12.2. The van der Waals surface area contributed by atoms with E-state index in [9.17, 15) is 13.2 Å². The predicted molar refractivity (Wildman–Crippen MR) is 62.5 cm³/mol. The van der Waals surface area contributed by atoms with Crippen LogP contribution >= 0.6 is 0 Å². The van der Waals surface area contributed by atoms with Gasteiger partial charge < -0.3 is 10.1 Å². The first-order chi connectivity index (χ1) is 9.04. The number of nitrogens with zero attached hydrogens (tertiary/aromatic N) is 2. The fourth-order valence-electron chi connectivity index (χ4n) is 1.42. The largest absolute Gasteiger partial charge is 0.573 e. The molecular formula is C12H10F3N3O. The van der Waals surface area contributed by atoms with E-state index in [1.807, 2.05) is 0 Å². The number of benzene rings is 1. The minimum absolute atomic E-state index is 0.207. The smallest absolute Gasteiger partial charge is 0.404 e. The van der Waals surface area contributed by atoms with Crippen LogP contribution in [0.2, 0.25) is 0 Å². The SMILES string of the molecule is FC(F)(F)Oc1ccccc1NCc1ncccn1. The number of halogens is 3. The average Bonchev–Trinajstić information content (AvgIpc) is 2.37. The Balaban J connectivity index is 2.08. The van der Waals surface area contributed by atoms with E-state index in [0.717, 1.165) is 0 Å². The van der Waals surface area contributed by atoms with Crippen LogP contribution in [0.15, 0.2) is 42.7 Å². The third kappa shape index (κ3) is 4.13. The summed E-state index contributed by atoms with van der Waals surface area (Å²) < 4.78 is 40.5. The van der Waals surface area contributed by atoms with Crippen LogP contribution in [0.1, 0.15) is 5.82 Å². The fourth-order valence-corrected chi connectivity index (χ4v) is 1.42. The Morgan fingerprint density at radius 3 is 2.42 bits per heavy atom. The molecule has 0 saturated heterocycles. The number of hydrogen-bond donors (Lipinski definition) is 1. The van der Waals surface area contributed by atoms with Crippen molar-refractivity contribution >= 4 is 5.69 Å². The molecular weight excluding hydrogens is 259 g/mol. The van der Waals surface area contributed by atoms with Crippen molar-refractivity contribution in [2.75, 3.05) is 5.32 Å². The highest BCUT2D eigenvalue weighted by atomic mass is 19.4. The summed E-state index contributed by atoms with van der Waals surface area (Å²) in [6.07, 6.45) is -1.61. The van der Waals surface area contributed by atoms with Gasteiger partial charge >= 0.3 is 6.36 Å². The molecule has 0 bridgehead atoms. The molecule has 100 valence electrons. The van der Waals surface area contributed by atoms with Crippen molar-refractivity contribution in [2.45, 2.75) is 12.9 Å². The van der Waals surface area contributed by atoms with E-state index in [4.69, 9.17) is 0 Å². The second kappa shape index (κ2) is 5.55. The number of ether oxygens (including phenoxy) is 1. The molecule has 7 heteroatoms. The van der Waals surface area contributed by atoms with Crippen molar-refractivity contribution in [1.82, 2.24) is 9.97 Å². The van der Waals surface area contributed by atoms with Crippen molar-refractivity contribution in [3.05, 3.63) is 48.5 Å². The lowest BCUT2D eigenvalue weighted by Gasteiger charge is -2.13. The van der Waals surface area contributed by atoms with Crippen LogP contribution in [0.4, 0.5) is 18.9 Å². The van der Waals surface area contributed by atoms with Crippen LogP contribution < -0.4 is 10.1 Å². The Hall–Kier alpha value is -2.31. The number of nitrogens with one attached hydrogen (secondary N) is 1. The van der Waals surface area contributed by atoms with Crippen LogP contribution in [-0.4, -0.2) is 16.3 Å². The molecule has 2 rings (SSSR count). The van der Waals surface area contributed by atoms with Gasteiger partial charge in [0.1, 0.15) is 5.82 Å². The molecule has 0 atom stereocenters. The molecule has 0 spiro atoms. The van der Waals surface area contributed by atoms with Gasteiger partial charge in [0, 0.05) is 12.4 Å². The molecule has 1 aromatic carbocycles. The molecule has 0 aliphatic rings. The lowest BCUT2D eigenvalue weighted by molar-refractivity contribution is -0.274. The Bertz CT molecular complexity index is 531. The van der Waals surface area contributed by atoms with Crippen LogP contribution in [-0.2, 0) is 6.54 Å². The summed E-state index contributed by atoms with van der Waals surface area (Å²) in [7, 11) is 0. The first kappa shape index (κ1) is 13.1. The summed E-state index contributed by atoms with van der Waals surface area (Å²) in [5.41, 5.74) is 0.229. The zero-order valence-corrected chi connectivity index (χ0v) is 9.69. The van der Waals surface area contributed by atoms with Gasteiger partial charge in [0.2, 0.25) is 0 Å². The van der Waals surface area contributed by atoms with Crippen molar-refractivity contribution in [1.29, 1.82) is 0 Å². The van der Waals surface area contributed by atoms with Gasteiger partial charge in [-0.05, 0) is 18.2 Å². The van der Waals surface area contributed by atoms with Crippen LogP contribution in [0.3, 0.4) is 0 Å². The maximum absolute atomic E-state index is 12.2. The molecule has 1 heterocycles. The second-order valence-corrected chi connectivity index (χ2v) is 3.56. The molecule has 0 aliphatic carbocycles. The highest BCUT2D eigenvalue weighted by molar-refractivity contribution is 5.56. The summed E-state index contributed by atoms with van der Waals surface area (Å²) in [4.78, 5) is 7.92. The van der Waals surface area contributed by atoms with Crippen molar-refractivity contribution in [3.8, 4) is 5.75 Å². The minimum Gasteiger partial charge on any atom is -0.404 e. The average molecular weight is 269 g/mol. The van der Waals surface area contributed by atoms with E-state index in [-0.39, 0.29) is 18.0 Å². The van der Waals surface area contributed by atoms with E-state index in [1.54, 1.807) is 24.5 Å². The molecule has 0 unspecified atom stereocenters. The van der Waals surface area contributed by atoms with Crippen molar-refractivity contribution in [2.24, 2.45) is 0 Å². The van der Waals surface area contributed by atoms with Gasteiger partial charge in [-0.25, -0.2) is 9.97 Å². The highest BCUT2D eigenvalue weighted by Gasteiger charge is 2.32. The standard InChI is InChI=1S/C12H10F3N3O/c13-12(14,15)19-10-5-2-1-4-9(10)18-8-11-16-6-3-7-17-11/h1-7,18H,8H2. The Morgan fingerprint density at radius 1 is 1.05 bits per heavy atom. The van der Waals surface area contributed by atoms with Gasteiger partial charge in [-0.3, -0.25) is 0 Å². The normalized spacial score (nSPS) is 11.1. The van der Waals surface area contributed by atoms with Gasteiger partial charge in [0.15, 0.2) is 5.75 Å². The van der Waals surface area contributed by atoms with Gasteiger partial charge in [0.05, 0.1) is 12.2 Å². The number of rotatable bonds is 4. The molecule has 2 aromatic rings. The minimum atomic E-state index is -4.72. The van der Waals surface area contributed by atoms with Crippen LogP contribution in [0, 0.1) is 0 Å². The monoisotopic (exact) mass is 269 g/mol. The summed E-state index contributed by atoms with van der Waals surface area (Å²) >= 11 is 0. The quantitative estimate of drug-likeness (QED) is 0.926. The summed E-state index contributed by atoms with van der Waals surface area (Å²) in [5, 5.41) is 2.80. The summed E-state index contributed by atoms with van der Waals surface area (Å²) in [6.45, 7) is 0.207. The molecule has 1 N–H and O–H groups in total. The third-order valence-corrected chi connectivity index (χ3v) is 2.17. The lowest BCUT2D eigenvalue weighted by Crippen LogP contribution is -2.18. The summed E-state index contributed by atoms with van der Waals surface area (Å²) in [5.74, 6) is 0.190. The molecule has 19 heavy (non-hydrogen) atoms. The summed E-state index contributed by atoms with van der Waals surface area (Å²) in [6, 6.07) is 7.46. The predicted octanol–water partition coefficient (Wildman–Crippen LogP) is 2.99. The number of hydrogen-bond acceptors (Lipinski definition) is 4. The topological polar surface area (TPSA) is 47.0 Å². The second-order valence-electron chi connectivity index (χ2n) is 3.56. The van der Waals surface area contributed by atoms with Gasteiger partial charge in [0.25, 0.3) is 0 Å². The molecule has 4 nitrogen and oxygen atoms in total. The zero-order valence-electron chi connectivity index (χ0n) is 9.69. The first-order valence-corrected chi connectivity index (χ1v) is 5.39. The number of alkyl halides is 3. The van der Waals surface area contributed by atoms with Gasteiger partial charge in [-0.2, -0.15) is 0 Å². The Kier molecular flexibility index (Phi) is 3.84. The molecule has 0 saturated carbocycles. The maximum Gasteiger partial charge on any atom is 0.573 e. The van der Waals surface area contributed by atoms with Crippen molar-refractivity contribution < 1.29 is 17.9 Å². The zero-order chi connectivity index (χ0) is 13.7. The number of aromatic nitrogens is 2. The first-order valence-electron chi connectivity index (χ1n) is 5.39. The number of para-hydroxylation sites is 2. The molecule has 0 radical (unpaired) electrons. The molecule has 0 aliphatic heterocycles. The number of anilines is 1. The van der Waals surface area contributed by atoms with Gasteiger partial charge in [-0.15, -0.1) is 13.2 Å². The molecule has 0 amide bonds. The van der Waals surface area contributed by atoms with E-state index in [2.05, 4.69) is 20.0 Å². The van der Waals surface area contributed by atoms with E-state index >= 15 is 0 Å². The Morgan fingerprint density at radius 2 is 1.74 bits per heavy atom. The van der Waals surface area contributed by atoms with E-state index in [1.165, 1.54) is 18.2 Å². The van der Waals surface area contributed by atoms with Crippen molar-refractivity contribution in [3.63, 3.8) is 0 Å². The van der Waals surface area contributed by atoms with E-state index in [0.29, 0.717) is 5.82 Å². The fraction of sp³-hybridized carbons (Fsp3) is 0.167. The van der Waals surface area contributed by atoms with Gasteiger partial charge in [-0.1, -0.05) is 12.1 Å². The lowest BCUT2D eigenvalue weighted by atomic mass is 10.3. The van der Waals surface area contributed by atoms with E-state index < -0.39 is 6.36 Å². The molecule has 1 aromatic heterocycles. The Labute approximate surface area is 107 Å². The van der Waals surface area contributed by atoms with Crippen LogP contribution in [0.5, 0.6) is 5.75 Å². The van der Waals surface area contributed by atoms with Crippen LogP contribution in [0.25, 0.3) is 0 Å².